The number of nitrogens with zero attached hydrogens (tertiary/aromatic N) is 2. The van der Waals surface area contributed by atoms with E-state index in [1.807, 2.05) is 13.8 Å². The van der Waals surface area contributed by atoms with E-state index in [4.69, 9.17) is 9.26 Å². The van der Waals surface area contributed by atoms with Crippen LogP contribution >= 0.6 is 0 Å². The van der Waals surface area contributed by atoms with Crippen molar-refractivity contribution in [1.29, 1.82) is 0 Å². The Morgan fingerprint density at radius 2 is 2.31 bits per heavy atom. The van der Waals surface area contributed by atoms with Crippen LogP contribution in [0.3, 0.4) is 0 Å². The molecule has 0 saturated carbocycles. The van der Waals surface area contributed by atoms with Crippen molar-refractivity contribution in [3.63, 3.8) is 0 Å². The molecule has 0 unspecified atom stereocenters. The van der Waals surface area contributed by atoms with Gasteiger partial charge in [0.15, 0.2) is 5.69 Å². The molecule has 2 rings (SSSR count). The van der Waals surface area contributed by atoms with Crippen LogP contribution in [0.2, 0.25) is 0 Å². The summed E-state index contributed by atoms with van der Waals surface area (Å²) in [6.07, 6.45) is 0.0770. The summed E-state index contributed by atoms with van der Waals surface area (Å²) in [5, 5.41) is 3.74. The number of hydrogen-bond donors (Lipinski definition) is 0. The molecule has 16 heavy (non-hydrogen) atoms. The average molecular weight is 224 g/mol. The second kappa shape index (κ2) is 4.25. The zero-order valence-electron chi connectivity index (χ0n) is 9.77. The van der Waals surface area contributed by atoms with Gasteiger partial charge in [-0.1, -0.05) is 5.16 Å². The molecular weight excluding hydrogens is 208 g/mol. The molecule has 0 aliphatic carbocycles. The fraction of sp³-hybridized carbons (Fsp3) is 0.636. The Kier molecular flexibility index (Phi) is 2.96. The van der Waals surface area contributed by atoms with Gasteiger partial charge in [-0.25, -0.2) is 0 Å². The topological polar surface area (TPSA) is 55.6 Å². The molecule has 5 heteroatoms. The molecule has 0 radical (unpaired) electrons. The van der Waals surface area contributed by atoms with Crippen molar-refractivity contribution in [3.05, 3.63) is 17.5 Å². The van der Waals surface area contributed by atoms with Crippen molar-refractivity contribution in [1.82, 2.24) is 10.1 Å². The molecule has 2 heterocycles. The molecule has 1 aromatic heterocycles. The predicted octanol–water partition coefficient (Wildman–Crippen LogP) is 1.23. The highest BCUT2D eigenvalue weighted by Gasteiger charge is 2.29. The van der Waals surface area contributed by atoms with E-state index >= 15 is 0 Å². The van der Waals surface area contributed by atoms with Crippen LogP contribution in [0, 0.1) is 6.92 Å². The third-order valence-electron chi connectivity index (χ3n) is 2.72. The molecule has 88 valence electrons. The van der Waals surface area contributed by atoms with Gasteiger partial charge < -0.3 is 14.2 Å². The van der Waals surface area contributed by atoms with Crippen LogP contribution in [-0.4, -0.2) is 41.3 Å². The minimum Gasteiger partial charge on any atom is -0.375 e. The zero-order chi connectivity index (χ0) is 11.7. The van der Waals surface area contributed by atoms with Gasteiger partial charge in [0, 0.05) is 12.6 Å². The third-order valence-corrected chi connectivity index (χ3v) is 2.72. The monoisotopic (exact) mass is 224 g/mol. The van der Waals surface area contributed by atoms with Crippen LogP contribution in [-0.2, 0) is 4.74 Å². The predicted molar refractivity (Wildman–Crippen MR) is 57.2 cm³/mol. The first-order valence-corrected chi connectivity index (χ1v) is 5.44. The molecule has 1 aliphatic rings. The van der Waals surface area contributed by atoms with Crippen molar-refractivity contribution in [2.75, 3.05) is 13.2 Å². The van der Waals surface area contributed by atoms with Crippen LogP contribution in [0.25, 0.3) is 0 Å². The molecule has 1 amide bonds. The van der Waals surface area contributed by atoms with Gasteiger partial charge >= 0.3 is 0 Å². The van der Waals surface area contributed by atoms with Crippen LogP contribution < -0.4 is 0 Å². The molecule has 0 N–H and O–H groups in total. The standard InChI is InChI=1S/C11H16N2O3/c1-7-6-15-9(3)5-13(7)11(14)10-4-8(2)16-12-10/h4,7,9H,5-6H2,1-3H3/t7-,9+/m0/s1. The van der Waals surface area contributed by atoms with Crippen LogP contribution in [0.15, 0.2) is 10.6 Å². The van der Waals surface area contributed by atoms with Gasteiger partial charge in [-0.2, -0.15) is 0 Å². The summed E-state index contributed by atoms with van der Waals surface area (Å²) in [4.78, 5) is 13.9. The highest BCUT2D eigenvalue weighted by molar-refractivity contribution is 5.92. The Hall–Kier alpha value is -1.36. The van der Waals surface area contributed by atoms with E-state index in [1.165, 1.54) is 0 Å². The van der Waals surface area contributed by atoms with Gasteiger partial charge in [0.05, 0.1) is 18.8 Å². The molecule has 1 saturated heterocycles. The van der Waals surface area contributed by atoms with E-state index < -0.39 is 0 Å². The lowest BCUT2D eigenvalue weighted by Gasteiger charge is -2.36. The number of rotatable bonds is 1. The summed E-state index contributed by atoms with van der Waals surface area (Å²) in [7, 11) is 0. The van der Waals surface area contributed by atoms with Gasteiger partial charge in [0.2, 0.25) is 0 Å². The highest BCUT2D eigenvalue weighted by atomic mass is 16.5. The molecule has 1 aromatic rings. The first-order valence-electron chi connectivity index (χ1n) is 5.44. The summed E-state index contributed by atoms with van der Waals surface area (Å²) >= 11 is 0. The van der Waals surface area contributed by atoms with E-state index in [0.29, 0.717) is 24.6 Å². The number of ether oxygens (including phenoxy) is 1. The van der Waals surface area contributed by atoms with Crippen LogP contribution in [0.4, 0.5) is 0 Å². The first kappa shape index (κ1) is 11.1. The Morgan fingerprint density at radius 3 is 2.94 bits per heavy atom. The maximum Gasteiger partial charge on any atom is 0.276 e. The van der Waals surface area contributed by atoms with Gasteiger partial charge in [0.1, 0.15) is 5.76 Å². The second-order valence-corrected chi connectivity index (χ2v) is 4.27. The lowest BCUT2D eigenvalue weighted by Crippen LogP contribution is -2.50. The number of hydrogen-bond acceptors (Lipinski definition) is 4. The van der Waals surface area contributed by atoms with Crippen molar-refractivity contribution >= 4 is 5.91 Å². The molecule has 5 nitrogen and oxygen atoms in total. The normalized spacial score (nSPS) is 25.8. The number of aromatic nitrogens is 1. The third kappa shape index (κ3) is 2.09. The second-order valence-electron chi connectivity index (χ2n) is 4.27. The van der Waals surface area contributed by atoms with Crippen LogP contribution in [0.1, 0.15) is 30.1 Å². The Morgan fingerprint density at radius 1 is 1.56 bits per heavy atom. The minimum absolute atomic E-state index is 0.0770. The van der Waals surface area contributed by atoms with E-state index in [2.05, 4.69) is 5.16 Å². The molecule has 0 bridgehead atoms. The minimum atomic E-state index is -0.0838. The molecule has 1 aliphatic heterocycles. The molecule has 2 atom stereocenters. The molecule has 1 fully saturated rings. The van der Waals surface area contributed by atoms with Crippen molar-refractivity contribution in [3.8, 4) is 0 Å². The number of carbonyl (C=O) groups excluding carboxylic acids is 1. The molecular formula is C11H16N2O3. The maximum atomic E-state index is 12.1. The summed E-state index contributed by atoms with van der Waals surface area (Å²) < 4.78 is 10.4. The zero-order valence-corrected chi connectivity index (χ0v) is 9.77. The summed E-state index contributed by atoms with van der Waals surface area (Å²) in [5.74, 6) is 0.566. The fourth-order valence-corrected chi connectivity index (χ4v) is 1.80. The maximum absolute atomic E-state index is 12.1. The van der Waals surface area contributed by atoms with Crippen molar-refractivity contribution in [2.24, 2.45) is 0 Å². The Labute approximate surface area is 94.3 Å². The van der Waals surface area contributed by atoms with E-state index in [9.17, 15) is 4.79 Å². The van der Waals surface area contributed by atoms with Crippen molar-refractivity contribution in [2.45, 2.75) is 32.9 Å². The highest BCUT2D eigenvalue weighted by Crippen LogP contribution is 2.15. The smallest absolute Gasteiger partial charge is 0.276 e. The van der Waals surface area contributed by atoms with Crippen LogP contribution in [0.5, 0.6) is 0 Å². The lowest BCUT2D eigenvalue weighted by molar-refractivity contribution is -0.0390. The van der Waals surface area contributed by atoms with E-state index in [0.717, 1.165) is 0 Å². The number of carbonyl (C=O) groups is 1. The molecule has 0 aromatic carbocycles. The van der Waals surface area contributed by atoms with E-state index in [-0.39, 0.29) is 18.1 Å². The summed E-state index contributed by atoms with van der Waals surface area (Å²) in [6, 6.07) is 1.75. The Bertz CT molecular complexity index is 388. The SMILES string of the molecule is Cc1cc(C(=O)N2C[C@@H](C)OC[C@@H]2C)no1. The van der Waals surface area contributed by atoms with Crippen molar-refractivity contribution < 1.29 is 14.1 Å². The van der Waals surface area contributed by atoms with E-state index in [1.54, 1.807) is 17.9 Å². The van der Waals surface area contributed by atoms with Gasteiger partial charge in [0.25, 0.3) is 5.91 Å². The lowest BCUT2D eigenvalue weighted by atomic mass is 10.2. The fourth-order valence-electron chi connectivity index (χ4n) is 1.80. The number of aryl methyl sites for hydroxylation is 1. The average Bonchev–Trinajstić information content (AvgIpc) is 2.67. The van der Waals surface area contributed by atoms with Gasteiger partial charge in [-0.05, 0) is 20.8 Å². The molecule has 0 spiro atoms. The quantitative estimate of drug-likeness (QED) is 0.720. The van der Waals surface area contributed by atoms with Gasteiger partial charge in [-0.3, -0.25) is 4.79 Å². The van der Waals surface area contributed by atoms with Gasteiger partial charge in [-0.15, -0.1) is 0 Å². The largest absolute Gasteiger partial charge is 0.375 e. The summed E-state index contributed by atoms with van der Waals surface area (Å²) in [5.41, 5.74) is 0.374. The first-order chi connectivity index (χ1) is 7.58. The summed E-state index contributed by atoms with van der Waals surface area (Å²) in [6.45, 7) is 6.88. The number of amides is 1. The Balaban J connectivity index is 2.14. The number of morpholine rings is 1.